The summed E-state index contributed by atoms with van der Waals surface area (Å²) in [5.74, 6) is 1.05. The van der Waals surface area contributed by atoms with Gasteiger partial charge in [-0.2, -0.15) is 0 Å². The normalized spacial score (nSPS) is 10.3. The van der Waals surface area contributed by atoms with E-state index in [1.165, 1.54) is 0 Å². The molecule has 0 atom stereocenters. The number of aromatic hydroxyl groups is 1. The Labute approximate surface area is 90.9 Å². The van der Waals surface area contributed by atoms with Crippen molar-refractivity contribution in [1.82, 2.24) is 0 Å². The number of phenolic OH excluding ortho intramolecular Hbond substituents is 1. The highest BCUT2D eigenvalue weighted by Gasteiger charge is 2.06. The number of rotatable bonds is 5. The highest BCUT2D eigenvalue weighted by Crippen LogP contribution is 2.28. The van der Waals surface area contributed by atoms with E-state index >= 15 is 0 Å². The molecule has 0 aromatic heterocycles. The lowest BCUT2D eigenvalue weighted by molar-refractivity contribution is 0.403. The molecule has 0 amide bonds. The van der Waals surface area contributed by atoms with Crippen LogP contribution in [0.1, 0.15) is 24.0 Å². The minimum atomic E-state index is 0.314. The van der Waals surface area contributed by atoms with Crippen LogP contribution in [0.4, 0.5) is 0 Å². The summed E-state index contributed by atoms with van der Waals surface area (Å²) in [7, 11) is 1.61. The maximum absolute atomic E-state index is 9.73. The van der Waals surface area contributed by atoms with E-state index in [0.717, 1.165) is 36.1 Å². The zero-order chi connectivity index (χ0) is 11.3. The molecule has 0 radical (unpaired) electrons. The summed E-state index contributed by atoms with van der Waals surface area (Å²) in [6, 6.07) is 3.65. The fourth-order valence-electron chi connectivity index (χ4n) is 1.62. The van der Waals surface area contributed by atoms with Crippen molar-refractivity contribution in [1.29, 1.82) is 0 Å². The summed E-state index contributed by atoms with van der Waals surface area (Å²) in [5.41, 5.74) is 7.45. The average Bonchev–Trinajstić information content (AvgIpc) is 2.23. The summed E-state index contributed by atoms with van der Waals surface area (Å²) in [6.45, 7) is 2.68. The predicted molar refractivity (Wildman–Crippen MR) is 61.4 cm³/mol. The Hall–Kier alpha value is -1.22. The number of benzene rings is 1. The molecule has 3 nitrogen and oxygen atoms in total. The van der Waals surface area contributed by atoms with Crippen LogP contribution in [0.2, 0.25) is 0 Å². The van der Waals surface area contributed by atoms with Crippen molar-refractivity contribution < 1.29 is 9.84 Å². The zero-order valence-corrected chi connectivity index (χ0v) is 9.42. The van der Waals surface area contributed by atoms with Crippen LogP contribution in [0, 0.1) is 6.92 Å². The largest absolute Gasteiger partial charge is 0.508 e. The maximum atomic E-state index is 9.73. The van der Waals surface area contributed by atoms with Gasteiger partial charge in [-0.15, -0.1) is 0 Å². The smallest absolute Gasteiger partial charge is 0.125 e. The molecule has 0 saturated heterocycles. The van der Waals surface area contributed by atoms with Crippen molar-refractivity contribution in [2.75, 3.05) is 13.7 Å². The van der Waals surface area contributed by atoms with Gasteiger partial charge >= 0.3 is 0 Å². The number of hydrogen-bond donors (Lipinski definition) is 2. The number of hydrogen-bond acceptors (Lipinski definition) is 3. The van der Waals surface area contributed by atoms with Gasteiger partial charge in [0.15, 0.2) is 0 Å². The van der Waals surface area contributed by atoms with Crippen LogP contribution in [-0.4, -0.2) is 18.8 Å². The fraction of sp³-hybridized carbons (Fsp3) is 0.500. The molecular weight excluding hydrogens is 190 g/mol. The van der Waals surface area contributed by atoms with Crippen LogP contribution in [-0.2, 0) is 6.42 Å². The molecule has 0 unspecified atom stereocenters. The number of methoxy groups -OCH3 is 1. The molecule has 0 heterocycles. The third-order valence-corrected chi connectivity index (χ3v) is 2.50. The Morgan fingerprint density at radius 3 is 2.67 bits per heavy atom. The quantitative estimate of drug-likeness (QED) is 0.729. The lowest BCUT2D eigenvalue weighted by Gasteiger charge is -2.09. The van der Waals surface area contributed by atoms with Crippen molar-refractivity contribution in [2.24, 2.45) is 5.73 Å². The van der Waals surface area contributed by atoms with Crippen molar-refractivity contribution in [3.05, 3.63) is 23.3 Å². The zero-order valence-electron chi connectivity index (χ0n) is 9.42. The van der Waals surface area contributed by atoms with E-state index in [1.54, 1.807) is 13.2 Å². The van der Waals surface area contributed by atoms with Crippen LogP contribution >= 0.6 is 0 Å². The number of nitrogens with two attached hydrogens (primary N) is 1. The van der Waals surface area contributed by atoms with Gasteiger partial charge in [0.05, 0.1) is 7.11 Å². The Morgan fingerprint density at radius 2 is 2.07 bits per heavy atom. The molecule has 1 aromatic carbocycles. The average molecular weight is 209 g/mol. The van der Waals surface area contributed by atoms with Crippen molar-refractivity contribution in [3.63, 3.8) is 0 Å². The summed E-state index contributed by atoms with van der Waals surface area (Å²) in [6.07, 6.45) is 2.87. The van der Waals surface area contributed by atoms with Gasteiger partial charge in [0.25, 0.3) is 0 Å². The van der Waals surface area contributed by atoms with Crippen LogP contribution < -0.4 is 10.5 Å². The summed E-state index contributed by atoms with van der Waals surface area (Å²) in [5, 5.41) is 9.73. The van der Waals surface area contributed by atoms with Crippen LogP contribution in [0.5, 0.6) is 11.5 Å². The van der Waals surface area contributed by atoms with E-state index in [4.69, 9.17) is 10.5 Å². The Balaban J connectivity index is 2.76. The molecule has 3 heteroatoms. The predicted octanol–water partition coefficient (Wildman–Crippen LogP) is 1.99. The van der Waals surface area contributed by atoms with Gasteiger partial charge in [0.2, 0.25) is 0 Å². The molecule has 1 aromatic rings. The molecule has 84 valence electrons. The lowest BCUT2D eigenvalue weighted by atomic mass is 10.0. The highest BCUT2D eigenvalue weighted by atomic mass is 16.5. The van der Waals surface area contributed by atoms with Gasteiger partial charge in [-0.1, -0.05) is 0 Å². The van der Waals surface area contributed by atoms with E-state index in [2.05, 4.69) is 0 Å². The molecular formula is C12H19NO2. The highest BCUT2D eigenvalue weighted by molar-refractivity contribution is 5.45. The van der Waals surface area contributed by atoms with E-state index in [1.807, 2.05) is 13.0 Å². The molecule has 0 aliphatic heterocycles. The third-order valence-electron chi connectivity index (χ3n) is 2.50. The molecule has 1 rings (SSSR count). The summed E-state index contributed by atoms with van der Waals surface area (Å²) in [4.78, 5) is 0. The minimum Gasteiger partial charge on any atom is -0.508 e. The van der Waals surface area contributed by atoms with E-state index < -0.39 is 0 Å². The minimum absolute atomic E-state index is 0.314. The van der Waals surface area contributed by atoms with Gasteiger partial charge in [-0.25, -0.2) is 0 Å². The molecule has 0 fully saturated rings. The molecule has 0 saturated carbocycles. The first-order chi connectivity index (χ1) is 7.19. The molecule has 3 N–H and O–H groups in total. The second-order valence-electron chi connectivity index (χ2n) is 3.70. The number of aryl methyl sites for hydroxylation is 2. The first kappa shape index (κ1) is 11.9. The topological polar surface area (TPSA) is 55.5 Å². The van der Waals surface area contributed by atoms with Gasteiger partial charge in [-0.3, -0.25) is 0 Å². The molecule has 0 spiro atoms. The monoisotopic (exact) mass is 209 g/mol. The number of phenols is 1. The fourth-order valence-corrected chi connectivity index (χ4v) is 1.62. The molecule has 0 bridgehead atoms. The van der Waals surface area contributed by atoms with Crippen molar-refractivity contribution in [3.8, 4) is 11.5 Å². The SMILES string of the molecule is COc1cc(O)c(CCCCN)cc1C. The number of ether oxygens (including phenoxy) is 1. The standard InChI is InChI=1S/C12H19NO2/c1-9-7-10(5-3-4-6-13)11(14)8-12(9)15-2/h7-8,14H,3-6,13H2,1-2H3. The molecule has 0 aliphatic rings. The van der Waals surface area contributed by atoms with Crippen LogP contribution in [0.25, 0.3) is 0 Å². The van der Waals surface area contributed by atoms with Gasteiger partial charge in [-0.05, 0) is 49.9 Å². The second kappa shape index (κ2) is 5.61. The summed E-state index contributed by atoms with van der Waals surface area (Å²) >= 11 is 0. The van der Waals surface area contributed by atoms with E-state index in [0.29, 0.717) is 12.3 Å². The van der Waals surface area contributed by atoms with E-state index in [-0.39, 0.29) is 0 Å². The lowest BCUT2D eigenvalue weighted by Crippen LogP contribution is -1.99. The first-order valence-corrected chi connectivity index (χ1v) is 5.25. The van der Waals surface area contributed by atoms with Crippen LogP contribution in [0.15, 0.2) is 12.1 Å². The third kappa shape index (κ3) is 3.13. The Morgan fingerprint density at radius 1 is 1.33 bits per heavy atom. The maximum Gasteiger partial charge on any atom is 0.125 e. The molecule has 15 heavy (non-hydrogen) atoms. The van der Waals surface area contributed by atoms with Gasteiger partial charge < -0.3 is 15.6 Å². The van der Waals surface area contributed by atoms with E-state index in [9.17, 15) is 5.11 Å². The Kier molecular flexibility index (Phi) is 4.43. The van der Waals surface area contributed by atoms with Gasteiger partial charge in [0, 0.05) is 6.07 Å². The first-order valence-electron chi connectivity index (χ1n) is 5.25. The van der Waals surface area contributed by atoms with Crippen molar-refractivity contribution in [2.45, 2.75) is 26.2 Å². The second-order valence-corrected chi connectivity index (χ2v) is 3.70. The Bertz CT molecular complexity index is 324. The summed E-state index contributed by atoms with van der Waals surface area (Å²) < 4.78 is 5.13. The molecule has 0 aliphatic carbocycles. The van der Waals surface area contributed by atoms with Gasteiger partial charge in [0.1, 0.15) is 11.5 Å². The number of unbranched alkanes of at least 4 members (excludes halogenated alkanes) is 1. The van der Waals surface area contributed by atoms with Crippen molar-refractivity contribution >= 4 is 0 Å². The van der Waals surface area contributed by atoms with Crippen LogP contribution in [0.3, 0.4) is 0 Å².